The first-order valence-electron chi connectivity index (χ1n) is 21.3. The van der Waals surface area contributed by atoms with Crippen molar-refractivity contribution in [2.45, 2.75) is 136 Å². The summed E-state index contributed by atoms with van der Waals surface area (Å²) in [5, 5.41) is 29.4. The number of ketones is 2. The second-order valence-electron chi connectivity index (χ2n) is 17.0. The number of nitrogens with one attached hydrogen (secondary N) is 4. The van der Waals surface area contributed by atoms with Crippen LogP contribution < -0.4 is 21.3 Å². The van der Waals surface area contributed by atoms with Gasteiger partial charge in [-0.15, -0.1) is 0 Å². The molecular formula is C44H72N4O13. The highest BCUT2D eigenvalue weighted by atomic mass is 16.5. The monoisotopic (exact) mass is 865 g/mol. The highest BCUT2D eigenvalue weighted by molar-refractivity contribution is 5.89. The molecule has 1 rings (SSSR count). The number of unbranched alkanes of at least 4 members (excludes halogenated alkanes) is 3. The Morgan fingerprint density at radius 3 is 1.79 bits per heavy atom. The normalized spacial score (nSPS) is 12.6. The van der Waals surface area contributed by atoms with Crippen molar-refractivity contribution in [3.8, 4) is 0 Å². The van der Waals surface area contributed by atoms with Gasteiger partial charge in [0, 0.05) is 56.3 Å². The summed E-state index contributed by atoms with van der Waals surface area (Å²) in [5.74, 6) is -3.09. The summed E-state index contributed by atoms with van der Waals surface area (Å²) in [6.45, 7) is 13.8. The molecule has 3 amide bonds. The van der Waals surface area contributed by atoms with Crippen LogP contribution in [0.2, 0.25) is 0 Å². The van der Waals surface area contributed by atoms with E-state index in [-0.39, 0.29) is 120 Å². The molecule has 2 atom stereocenters. The standard InChI is InChI=1S/C44H72N4O13/c1-43(2,3)41(55)36(48-44(4,5)6)28-32-15-17-33(18-16-32)29-46-39(52)31-61-27-24-58-22-11-12-34(49)30-60-26-25-59-23-21-45-37(50)20-19-35(42(56)57)47-38(51)13-9-7-8-10-14-40(53)54/h15-18,35-36,48H,7-14,19-31H2,1-6H3,(H,45,50)(H,46,52)(H,47,51)(H,53,54)(H,56,57)/t35-,36?/m0/s1. The molecule has 0 saturated heterocycles. The number of rotatable bonds is 35. The number of amides is 3. The summed E-state index contributed by atoms with van der Waals surface area (Å²) in [4.78, 5) is 83.6. The van der Waals surface area contributed by atoms with Crippen LogP contribution in [0.1, 0.15) is 117 Å². The third-order valence-electron chi connectivity index (χ3n) is 9.01. The van der Waals surface area contributed by atoms with E-state index >= 15 is 0 Å². The Bertz CT molecular complexity index is 1490. The first-order chi connectivity index (χ1) is 28.8. The lowest BCUT2D eigenvalue weighted by Crippen LogP contribution is -2.51. The van der Waals surface area contributed by atoms with E-state index in [0.717, 1.165) is 11.1 Å². The number of aliphatic carboxylic acids is 2. The average molecular weight is 865 g/mol. The van der Waals surface area contributed by atoms with Gasteiger partial charge in [-0.3, -0.25) is 28.8 Å². The molecule has 17 heteroatoms. The highest BCUT2D eigenvalue weighted by Gasteiger charge is 2.32. The lowest BCUT2D eigenvalue weighted by molar-refractivity contribution is -0.142. The van der Waals surface area contributed by atoms with Crippen LogP contribution in [0.5, 0.6) is 0 Å². The van der Waals surface area contributed by atoms with Crippen LogP contribution >= 0.6 is 0 Å². The molecule has 0 heterocycles. The minimum Gasteiger partial charge on any atom is -0.481 e. The zero-order chi connectivity index (χ0) is 45.7. The second kappa shape index (κ2) is 30.7. The van der Waals surface area contributed by atoms with E-state index in [1.54, 1.807) is 0 Å². The van der Waals surface area contributed by atoms with Gasteiger partial charge < -0.3 is 50.4 Å². The maximum absolute atomic E-state index is 13.1. The van der Waals surface area contributed by atoms with Crippen molar-refractivity contribution in [3.05, 3.63) is 35.4 Å². The molecule has 0 aliphatic rings. The molecule has 0 spiro atoms. The molecule has 0 bridgehead atoms. The largest absolute Gasteiger partial charge is 0.481 e. The zero-order valence-electron chi connectivity index (χ0n) is 37.2. The van der Waals surface area contributed by atoms with E-state index in [9.17, 15) is 38.7 Å². The Morgan fingerprint density at radius 1 is 0.590 bits per heavy atom. The third kappa shape index (κ3) is 29.6. The van der Waals surface area contributed by atoms with E-state index in [0.29, 0.717) is 51.7 Å². The lowest BCUT2D eigenvalue weighted by atomic mass is 9.83. The SMILES string of the molecule is CC(C)(C)NC(Cc1ccc(CNC(=O)COCCOCCCC(=O)COCCOCCNC(=O)CC[C@H](NC(=O)CCCCCCC(=O)O)C(=O)O)cc1)C(=O)C(C)(C)C. The molecular weight excluding hydrogens is 792 g/mol. The van der Waals surface area contributed by atoms with E-state index in [2.05, 4.69) is 21.3 Å². The molecule has 61 heavy (non-hydrogen) atoms. The van der Waals surface area contributed by atoms with Crippen LogP contribution in [0.4, 0.5) is 0 Å². The number of hydrogen-bond acceptors (Lipinski definition) is 12. The van der Waals surface area contributed by atoms with Gasteiger partial charge in [0.2, 0.25) is 17.7 Å². The van der Waals surface area contributed by atoms with E-state index < -0.39 is 29.3 Å². The number of carbonyl (C=O) groups excluding carboxylic acids is 5. The predicted molar refractivity (Wildman–Crippen MR) is 228 cm³/mol. The smallest absolute Gasteiger partial charge is 0.326 e. The molecule has 0 aliphatic carbocycles. The molecule has 1 aromatic rings. The topological polar surface area (TPSA) is 245 Å². The summed E-state index contributed by atoms with van der Waals surface area (Å²) < 4.78 is 21.6. The van der Waals surface area contributed by atoms with Crippen LogP contribution in [-0.2, 0) is 65.5 Å². The molecule has 0 aromatic heterocycles. The number of ether oxygens (including phenoxy) is 4. The minimum absolute atomic E-state index is 0.0651. The van der Waals surface area contributed by atoms with Crippen molar-refractivity contribution in [1.29, 1.82) is 0 Å². The van der Waals surface area contributed by atoms with Crippen LogP contribution in [0, 0.1) is 5.41 Å². The summed E-state index contributed by atoms with van der Waals surface area (Å²) in [7, 11) is 0. The van der Waals surface area contributed by atoms with Gasteiger partial charge in [-0.2, -0.15) is 0 Å². The van der Waals surface area contributed by atoms with Crippen LogP contribution in [0.3, 0.4) is 0 Å². The Labute approximate surface area is 361 Å². The Balaban J connectivity index is 2.06. The molecule has 0 fully saturated rings. The summed E-state index contributed by atoms with van der Waals surface area (Å²) in [6.07, 6.45) is 3.76. The van der Waals surface area contributed by atoms with Crippen molar-refractivity contribution in [2.24, 2.45) is 5.41 Å². The van der Waals surface area contributed by atoms with Gasteiger partial charge in [-0.25, -0.2) is 4.79 Å². The number of hydrogen-bond donors (Lipinski definition) is 6. The predicted octanol–water partition coefficient (Wildman–Crippen LogP) is 3.52. The maximum atomic E-state index is 13.1. The first-order valence-corrected chi connectivity index (χ1v) is 21.3. The van der Waals surface area contributed by atoms with E-state index in [1.165, 1.54) is 0 Å². The molecule has 0 aliphatic heterocycles. The summed E-state index contributed by atoms with van der Waals surface area (Å²) in [6, 6.07) is 6.35. The number of carboxylic acid groups (broad SMARTS) is 2. The Hall–Kier alpha value is -4.29. The molecule has 1 aromatic carbocycles. The number of benzene rings is 1. The summed E-state index contributed by atoms with van der Waals surface area (Å²) >= 11 is 0. The fraction of sp³-hybridized carbons (Fsp3) is 0.705. The highest BCUT2D eigenvalue weighted by Crippen LogP contribution is 2.21. The maximum Gasteiger partial charge on any atom is 0.326 e. The molecule has 6 N–H and O–H groups in total. The Kier molecular flexibility index (Phi) is 27.5. The van der Waals surface area contributed by atoms with Crippen molar-refractivity contribution in [3.63, 3.8) is 0 Å². The van der Waals surface area contributed by atoms with Gasteiger partial charge in [0.1, 0.15) is 19.3 Å². The number of Topliss-reactive ketones (excluding diaryl/α,β-unsaturated/α-hetero) is 2. The second-order valence-corrected chi connectivity index (χ2v) is 17.0. The van der Waals surface area contributed by atoms with Gasteiger partial charge in [-0.1, -0.05) is 57.9 Å². The molecule has 0 radical (unpaired) electrons. The van der Waals surface area contributed by atoms with Gasteiger partial charge in [0.25, 0.3) is 0 Å². The summed E-state index contributed by atoms with van der Waals surface area (Å²) in [5.41, 5.74) is 1.30. The molecule has 0 saturated carbocycles. The van der Waals surface area contributed by atoms with Crippen LogP contribution in [0.15, 0.2) is 24.3 Å². The quantitative estimate of drug-likeness (QED) is 0.0535. The van der Waals surface area contributed by atoms with Gasteiger partial charge in [0.05, 0.1) is 39.1 Å². The third-order valence-corrected chi connectivity index (χ3v) is 9.01. The molecule has 346 valence electrons. The van der Waals surface area contributed by atoms with Gasteiger partial charge in [0.15, 0.2) is 11.6 Å². The number of carboxylic acids is 2. The average Bonchev–Trinajstić information content (AvgIpc) is 3.17. The van der Waals surface area contributed by atoms with E-state index in [4.69, 9.17) is 24.1 Å². The Morgan fingerprint density at radius 2 is 1.18 bits per heavy atom. The van der Waals surface area contributed by atoms with Crippen molar-refractivity contribution >= 4 is 41.2 Å². The molecule has 1 unspecified atom stereocenters. The lowest BCUT2D eigenvalue weighted by Gasteiger charge is -2.32. The van der Waals surface area contributed by atoms with Crippen molar-refractivity contribution in [2.75, 3.05) is 59.4 Å². The van der Waals surface area contributed by atoms with Crippen molar-refractivity contribution < 1.29 is 62.7 Å². The van der Waals surface area contributed by atoms with Crippen LogP contribution in [-0.4, -0.2) is 128 Å². The zero-order valence-corrected chi connectivity index (χ0v) is 37.2. The van der Waals surface area contributed by atoms with E-state index in [1.807, 2.05) is 65.8 Å². The van der Waals surface area contributed by atoms with Crippen molar-refractivity contribution in [1.82, 2.24) is 21.3 Å². The first kappa shape index (κ1) is 54.7. The molecule has 17 nitrogen and oxygen atoms in total. The van der Waals surface area contributed by atoms with Gasteiger partial charge >= 0.3 is 11.9 Å². The van der Waals surface area contributed by atoms with Gasteiger partial charge in [-0.05, 0) is 64.0 Å². The fourth-order valence-electron chi connectivity index (χ4n) is 5.84. The minimum atomic E-state index is -1.24. The number of carbonyl (C=O) groups is 7. The van der Waals surface area contributed by atoms with Crippen LogP contribution in [0.25, 0.3) is 0 Å². The fourth-order valence-corrected chi connectivity index (χ4v) is 5.84.